The van der Waals surface area contributed by atoms with E-state index in [0.717, 1.165) is 51.8 Å². The molecule has 0 spiro atoms. The van der Waals surface area contributed by atoms with Crippen molar-refractivity contribution < 1.29 is 4.74 Å². The Balaban J connectivity index is 0. The summed E-state index contributed by atoms with van der Waals surface area (Å²) < 4.78 is 5.33. The number of hydrogen-bond donors (Lipinski definition) is 2. The number of ether oxygens (including phenoxy) is 1. The average Bonchev–Trinajstić information content (AvgIpc) is 2.34. The van der Waals surface area contributed by atoms with E-state index in [1.165, 1.54) is 0 Å². The number of rotatable bonds is 10. The Bertz CT molecular complexity index is 270. The van der Waals surface area contributed by atoms with E-state index in [0.29, 0.717) is 0 Å². The van der Waals surface area contributed by atoms with Gasteiger partial charge in [-0.2, -0.15) is 0 Å². The predicted molar refractivity (Wildman–Crippen MR) is 103 cm³/mol. The number of aliphatic imine (C=N–C) groups is 1. The second-order valence-electron chi connectivity index (χ2n) is 6.07. The Morgan fingerprint density at radius 1 is 1.19 bits per heavy atom. The van der Waals surface area contributed by atoms with E-state index >= 15 is 0 Å². The van der Waals surface area contributed by atoms with Gasteiger partial charge in [0.15, 0.2) is 5.96 Å². The zero-order valence-corrected chi connectivity index (χ0v) is 17.0. The Morgan fingerprint density at radius 2 is 1.86 bits per heavy atom. The van der Waals surface area contributed by atoms with E-state index in [9.17, 15) is 0 Å². The van der Waals surface area contributed by atoms with E-state index in [2.05, 4.69) is 55.4 Å². The fourth-order valence-electron chi connectivity index (χ4n) is 2.07. The molecule has 2 N–H and O–H groups in total. The maximum Gasteiger partial charge on any atom is 0.191 e. The molecule has 128 valence electrons. The van der Waals surface area contributed by atoms with E-state index in [1.54, 1.807) is 0 Å². The summed E-state index contributed by atoms with van der Waals surface area (Å²) >= 11 is 0. The van der Waals surface area contributed by atoms with Crippen molar-refractivity contribution in [1.29, 1.82) is 0 Å². The summed E-state index contributed by atoms with van der Waals surface area (Å²) in [6.45, 7) is 13.8. The number of hydrogen-bond acceptors (Lipinski definition) is 3. The molecule has 0 aromatic rings. The van der Waals surface area contributed by atoms with Crippen LogP contribution in [0.5, 0.6) is 0 Å². The standard InChI is InChI=1S/C15H34N4O.HI/c1-7-16-14(17-10-9-11-20-8-2)18-12-15(3,4)13-19(5)6;/h7-13H2,1-6H3,(H2,16,17,18);1H. The average molecular weight is 414 g/mol. The van der Waals surface area contributed by atoms with Gasteiger partial charge in [0.2, 0.25) is 0 Å². The van der Waals surface area contributed by atoms with Crippen molar-refractivity contribution in [3.63, 3.8) is 0 Å². The normalized spacial score (nSPS) is 12.2. The Labute approximate surface area is 148 Å². The minimum Gasteiger partial charge on any atom is -0.382 e. The smallest absolute Gasteiger partial charge is 0.191 e. The number of halogens is 1. The highest BCUT2D eigenvalue weighted by Crippen LogP contribution is 2.15. The minimum absolute atomic E-state index is 0. The fraction of sp³-hybridized carbons (Fsp3) is 0.933. The van der Waals surface area contributed by atoms with Crippen LogP contribution >= 0.6 is 24.0 Å². The van der Waals surface area contributed by atoms with Crippen molar-refractivity contribution in [3.05, 3.63) is 0 Å². The largest absolute Gasteiger partial charge is 0.382 e. The molecule has 0 aliphatic carbocycles. The van der Waals surface area contributed by atoms with Crippen LogP contribution in [-0.4, -0.2) is 64.3 Å². The number of nitrogens with zero attached hydrogens (tertiary/aromatic N) is 2. The minimum atomic E-state index is 0. The van der Waals surface area contributed by atoms with E-state index < -0.39 is 0 Å². The van der Waals surface area contributed by atoms with Gasteiger partial charge >= 0.3 is 0 Å². The fourth-order valence-corrected chi connectivity index (χ4v) is 2.07. The van der Waals surface area contributed by atoms with E-state index in [1.807, 2.05) is 6.92 Å². The molecule has 0 atom stereocenters. The molecule has 0 unspecified atom stereocenters. The molecular formula is C15H35IN4O. The summed E-state index contributed by atoms with van der Waals surface area (Å²) in [4.78, 5) is 6.89. The predicted octanol–water partition coefficient (Wildman–Crippen LogP) is 2.17. The maximum absolute atomic E-state index is 5.33. The Morgan fingerprint density at radius 3 is 2.38 bits per heavy atom. The lowest BCUT2D eigenvalue weighted by molar-refractivity contribution is 0.145. The molecule has 0 bridgehead atoms. The van der Waals surface area contributed by atoms with Gasteiger partial charge in [0, 0.05) is 39.4 Å². The second-order valence-corrected chi connectivity index (χ2v) is 6.07. The second kappa shape index (κ2) is 13.6. The van der Waals surface area contributed by atoms with Gasteiger partial charge < -0.3 is 20.3 Å². The monoisotopic (exact) mass is 414 g/mol. The molecule has 0 aliphatic rings. The van der Waals surface area contributed by atoms with Gasteiger partial charge in [0.25, 0.3) is 0 Å². The third-order valence-corrected chi connectivity index (χ3v) is 2.72. The number of guanidine groups is 1. The molecule has 0 saturated heterocycles. The van der Waals surface area contributed by atoms with Crippen molar-refractivity contribution in [3.8, 4) is 0 Å². The van der Waals surface area contributed by atoms with Crippen LogP contribution in [0.15, 0.2) is 4.99 Å². The van der Waals surface area contributed by atoms with Crippen LogP contribution in [0.4, 0.5) is 0 Å². The molecule has 0 radical (unpaired) electrons. The van der Waals surface area contributed by atoms with Gasteiger partial charge in [-0.05, 0) is 39.8 Å². The summed E-state index contributed by atoms with van der Waals surface area (Å²) in [6, 6.07) is 0. The molecule has 0 saturated carbocycles. The molecule has 21 heavy (non-hydrogen) atoms. The molecule has 0 aliphatic heterocycles. The van der Waals surface area contributed by atoms with Crippen molar-refractivity contribution in [2.45, 2.75) is 34.1 Å². The molecule has 0 rings (SSSR count). The van der Waals surface area contributed by atoms with Crippen molar-refractivity contribution >= 4 is 29.9 Å². The highest BCUT2D eigenvalue weighted by atomic mass is 127. The molecule has 0 heterocycles. The molecule has 0 amide bonds. The zero-order chi connectivity index (χ0) is 15.4. The SMILES string of the molecule is CCNC(=NCC(C)(C)CN(C)C)NCCCOCC.I. The summed E-state index contributed by atoms with van der Waals surface area (Å²) in [6.07, 6.45) is 0.999. The van der Waals surface area contributed by atoms with Crippen LogP contribution in [-0.2, 0) is 4.74 Å². The van der Waals surface area contributed by atoms with Crippen molar-refractivity contribution in [2.75, 3.05) is 53.5 Å². The summed E-state index contributed by atoms with van der Waals surface area (Å²) in [5.41, 5.74) is 0.178. The third kappa shape index (κ3) is 14.6. The Kier molecular flexibility index (Phi) is 15.0. The molecule has 0 fully saturated rings. The quantitative estimate of drug-likeness (QED) is 0.249. The van der Waals surface area contributed by atoms with Gasteiger partial charge in [0.05, 0.1) is 0 Å². The molecule has 0 aromatic carbocycles. The number of nitrogens with one attached hydrogen (secondary N) is 2. The van der Waals surface area contributed by atoms with Gasteiger partial charge in [-0.3, -0.25) is 4.99 Å². The highest BCUT2D eigenvalue weighted by Gasteiger charge is 2.18. The van der Waals surface area contributed by atoms with Crippen LogP contribution in [0.1, 0.15) is 34.1 Å². The third-order valence-electron chi connectivity index (χ3n) is 2.72. The van der Waals surface area contributed by atoms with Crippen LogP contribution in [0.2, 0.25) is 0 Å². The zero-order valence-electron chi connectivity index (χ0n) is 14.7. The lowest BCUT2D eigenvalue weighted by atomic mass is 9.93. The summed E-state index contributed by atoms with van der Waals surface area (Å²) in [7, 11) is 4.20. The highest BCUT2D eigenvalue weighted by molar-refractivity contribution is 14.0. The molecule has 6 heteroatoms. The van der Waals surface area contributed by atoms with Crippen molar-refractivity contribution in [1.82, 2.24) is 15.5 Å². The van der Waals surface area contributed by atoms with Crippen LogP contribution in [0, 0.1) is 5.41 Å². The molecule has 0 aromatic heterocycles. The lowest BCUT2D eigenvalue weighted by Gasteiger charge is -2.26. The maximum atomic E-state index is 5.33. The Hall–Kier alpha value is -0.0800. The van der Waals surface area contributed by atoms with E-state index in [-0.39, 0.29) is 29.4 Å². The van der Waals surface area contributed by atoms with Gasteiger partial charge in [0.1, 0.15) is 0 Å². The van der Waals surface area contributed by atoms with Crippen LogP contribution in [0.25, 0.3) is 0 Å². The first-order valence-electron chi connectivity index (χ1n) is 7.66. The topological polar surface area (TPSA) is 48.9 Å². The van der Waals surface area contributed by atoms with Gasteiger partial charge in [-0.1, -0.05) is 13.8 Å². The first kappa shape index (κ1) is 23.2. The van der Waals surface area contributed by atoms with E-state index in [4.69, 9.17) is 4.74 Å². The van der Waals surface area contributed by atoms with Gasteiger partial charge in [-0.25, -0.2) is 0 Å². The van der Waals surface area contributed by atoms with Gasteiger partial charge in [-0.15, -0.1) is 24.0 Å². The molecule has 5 nitrogen and oxygen atoms in total. The summed E-state index contributed by atoms with van der Waals surface area (Å²) in [5, 5.41) is 6.63. The van der Waals surface area contributed by atoms with Crippen LogP contribution in [0.3, 0.4) is 0 Å². The summed E-state index contributed by atoms with van der Waals surface area (Å²) in [5.74, 6) is 0.899. The van der Waals surface area contributed by atoms with Crippen LogP contribution < -0.4 is 10.6 Å². The first-order valence-corrected chi connectivity index (χ1v) is 7.66. The van der Waals surface area contributed by atoms with Crippen molar-refractivity contribution in [2.24, 2.45) is 10.4 Å². The lowest BCUT2D eigenvalue weighted by Crippen LogP contribution is -2.39. The molecular weight excluding hydrogens is 379 g/mol. The first-order chi connectivity index (χ1) is 9.41.